The molecule has 0 aliphatic carbocycles. The third-order valence-corrected chi connectivity index (χ3v) is 5.43. The highest BCUT2D eigenvalue weighted by Crippen LogP contribution is 2.29. The molecule has 0 aromatic carbocycles. The molecule has 0 atom stereocenters. The third-order valence-electron chi connectivity index (χ3n) is 5.43. The minimum Gasteiger partial charge on any atom is -0.363 e. The largest absolute Gasteiger partial charge is 0.363 e. The second-order valence-electron chi connectivity index (χ2n) is 8.41. The van der Waals surface area contributed by atoms with Crippen molar-refractivity contribution < 1.29 is 0 Å². The molecule has 4 heterocycles. The van der Waals surface area contributed by atoms with Crippen LogP contribution in [0, 0.1) is 5.41 Å². The zero-order valence-corrected chi connectivity index (χ0v) is 18.4. The van der Waals surface area contributed by atoms with E-state index in [1.807, 2.05) is 37.2 Å². The fourth-order valence-electron chi connectivity index (χ4n) is 3.49. The first-order valence-electron chi connectivity index (χ1n) is 10.2. The zero-order chi connectivity index (χ0) is 22.0. The summed E-state index contributed by atoms with van der Waals surface area (Å²) >= 11 is 0. The lowest BCUT2D eigenvalue weighted by atomic mass is 9.87. The molecule has 160 valence electrons. The first-order chi connectivity index (χ1) is 14.9. The summed E-state index contributed by atoms with van der Waals surface area (Å²) < 4.78 is 1.72. The Balaban J connectivity index is 1.62. The number of allylic oxidation sites excluding steroid dienone is 3. The molecule has 0 amide bonds. The van der Waals surface area contributed by atoms with Crippen molar-refractivity contribution in [1.82, 2.24) is 29.9 Å². The lowest BCUT2D eigenvalue weighted by molar-refractivity contribution is 0.490. The summed E-state index contributed by atoms with van der Waals surface area (Å²) in [6.45, 7) is 10.3. The highest BCUT2D eigenvalue weighted by atomic mass is 15.4. The second-order valence-corrected chi connectivity index (χ2v) is 8.41. The highest BCUT2D eigenvalue weighted by molar-refractivity contribution is 5.74. The van der Waals surface area contributed by atoms with Gasteiger partial charge in [0, 0.05) is 57.0 Å². The van der Waals surface area contributed by atoms with Crippen LogP contribution in [0.5, 0.6) is 0 Å². The van der Waals surface area contributed by atoms with Crippen LogP contribution in [0.3, 0.4) is 0 Å². The molecule has 8 heteroatoms. The molecule has 0 saturated carbocycles. The molecule has 31 heavy (non-hydrogen) atoms. The van der Waals surface area contributed by atoms with E-state index in [-0.39, 0.29) is 5.41 Å². The summed E-state index contributed by atoms with van der Waals surface area (Å²) in [4.78, 5) is 15.6. The number of nitrogens with one attached hydrogen (secondary N) is 2. The Morgan fingerprint density at radius 3 is 2.77 bits per heavy atom. The predicted octanol–water partition coefficient (Wildman–Crippen LogP) is 3.29. The SMILES string of the molecule is C=C/C(=C\C=C1/CNCC1(C)C)Nc1nc2c(-c3ccc(N(C)C)nc3)nccn2n1. The Kier molecular flexibility index (Phi) is 5.56. The fraction of sp³-hybridized carbons (Fsp3) is 0.304. The number of hydrogen-bond acceptors (Lipinski definition) is 7. The van der Waals surface area contributed by atoms with E-state index in [0.29, 0.717) is 11.6 Å². The maximum Gasteiger partial charge on any atom is 0.247 e. The van der Waals surface area contributed by atoms with Crippen LogP contribution in [0.2, 0.25) is 0 Å². The molecule has 1 aliphatic heterocycles. The van der Waals surface area contributed by atoms with Gasteiger partial charge in [0.25, 0.3) is 0 Å². The van der Waals surface area contributed by atoms with Gasteiger partial charge < -0.3 is 15.5 Å². The topological polar surface area (TPSA) is 83.3 Å². The van der Waals surface area contributed by atoms with E-state index < -0.39 is 0 Å². The van der Waals surface area contributed by atoms with Crippen LogP contribution in [-0.4, -0.2) is 51.8 Å². The molecule has 1 aliphatic rings. The molecule has 0 spiro atoms. The van der Waals surface area contributed by atoms with Crippen molar-refractivity contribution in [3.05, 3.63) is 66.8 Å². The monoisotopic (exact) mass is 416 g/mol. The standard InChI is InChI=1S/C23H28N8/c1-6-18(9-8-17-14-24-15-23(17,2)3)27-22-28-21-20(25-11-12-31(21)29-22)16-7-10-19(26-13-16)30(4)5/h6-13,24H,1,14-15H2,2-5H3,(H,27,29)/b17-8+,18-9+. The molecule has 4 rings (SSSR count). The van der Waals surface area contributed by atoms with Crippen LogP contribution >= 0.6 is 0 Å². The van der Waals surface area contributed by atoms with Crippen molar-refractivity contribution in [3.8, 4) is 11.3 Å². The van der Waals surface area contributed by atoms with Gasteiger partial charge in [-0.15, -0.1) is 5.10 Å². The molecule has 1 saturated heterocycles. The maximum absolute atomic E-state index is 4.66. The Bertz CT molecular complexity index is 1150. The lowest BCUT2D eigenvalue weighted by Crippen LogP contribution is -2.16. The van der Waals surface area contributed by atoms with E-state index in [1.165, 1.54) is 5.57 Å². The summed E-state index contributed by atoms with van der Waals surface area (Å²) in [6, 6.07) is 3.95. The number of nitrogens with zero attached hydrogens (tertiary/aromatic N) is 6. The summed E-state index contributed by atoms with van der Waals surface area (Å²) in [5.41, 5.74) is 4.61. The molecular formula is C23H28N8. The zero-order valence-electron chi connectivity index (χ0n) is 18.4. The summed E-state index contributed by atoms with van der Waals surface area (Å²) in [6.07, 6.45) is 11.2. The lowest BCUT2D eigenvalue weighted by Gasteiger charge is -2.17. The first-order valence-corrected chi connectivity index (χ1v) is 10.2. The predicted molar refractivity (Wildman–Crippen MR) is 125 cm³/mol. The van der Waals surface area contributed by atoms with E-state index in [0.717, 1.165) is 35.9 Å². The summed E-state index contributed by atoms with van der Waals surface area (Å²) in [5.74, 6) is 1.37. The maximum atomic E-state index is 4.66. The average Bonchev–Trinajstić information content (AvgIpc) is 3.32. The van der Waals surface area contributed by atoms with Crippen molar-refractivity contribution in [2.24, 2.45) is 5.41 Å². The van der Waals surface area contributed by atoms with E-state index in [2.05, 4.69) is 57.2 Å². The van der Waals surface area contributed by atoms with Crippen LogP contribution in [0.1, 0.15) is 13.8 Å². The molecule has 1 fully saturated rings. The van der Waals surface area contributed by atoms with Gasteiger partial charge in [-0.2, -0.15) is 4.98 Å². The van der Waals surface area contributed by atoms with Crippen LogP contribution in [0.15, 0.2) is 66.8 Å². The minimum absolute atomic E-state index is 0.154. The van der Waals surface area contributed by atoms with E-state index in [1.54, 1.807) is 29.2 Å². The highest BCUT2D eigenvalue weighted by Gasteiger charge is 2.27. The molecule has 0 bridgehead atoms. The van der Waals surface area contributed by atoms with E-state index in [4.69, 9.17) is 0 Å². The number of hydrogen-bond donors (Lipinski definition) is 2. The number of fused-ring (bicyclic) bond motifs is 1. The third kappa shape index (κ3) is 4.34. The van der Waals surface area contributed by atoms with Crippen LogP contribution in [-0.2, 0) is 0 Å². The number of rotatable bonds is 6. The van der Waals surface area contributed by atoms with Crippen LogP contribution < -0.4 is 15.5 Å². The number of aromatic nitrogens is 5. The van der Waals surface area contributed by atoms with Gasteiger partial charge in [0.2, 0.25) is 5.95 Å². The Hall–Kier alpha value is -3.52. The van der Waals surface area contributed by atoms with Gasteiger partial charge in [0.05, 0.1) is 0 Å². The minimum atomic E-state index is 0.154. The fourth-order valence-corrected chi connectivity index (χ4v) is 3.49. The Labute approximate surface area is 182 Å². The van der Waals surface area contributed by atoms with Crippen molar-refractivity contribution in [2.45, 2.75) is 13.8 Å². The quantitative estimate of drug-likeness (QED) is 0.597. The van der Waals surface area contributed by atoms with Gasteiger partial charge in [-0.05, 0) is 35.3 Å². The van der Waals surface area contributed by atoms with Gasteiger partial charge >= 0.3 is 0 Å². The van der Waals surface area contributed by atoms with Crippen LogP contribution in [0.4, 0.5) is 11.8 Å². The second kappa shape index (κ2) is 8.31. The molecule has 3 aromatic heterocycles. The summed E-state index contributed by atoms with van der Waals surface area (Å²) in [5, 5.41) is 11.2. The number of pyridine rings is 1. The Morgan fingerprint density at radius 2 is 2.13 bits per heavy atom. The molecule has 0 radical (unpaired) electrons. The molecule has 2 N–H and O–H groups in total. The van der Waals surface area contributed by atoms with Gasteiger partial charge in [-0.25, -0.2) is 9.50 Å². The van der Waals surface area contributed by atoms with Crippen molar-refractivity contribution >= 4 is 17.4 Å². The molecule has 3 aromatic rings. The summed E-state index contributed by atoms with van der Waals surface area (Å²) in [7, 11) is 3.92. The van der Waals surface area contributed by atoms with Crippen molar-refractivity contribution in [1.29, 1.82) is 0 Å². The first kappa shape index (κ1) is 20.7. The Morgan fingerprint density at radius 1 is 1.29 bits per heavy atom. The number of anilines is 2. The van der Waals surface area contributed by atoms with Gasteiger partial charge in [0.1, 0.15) is 11.5 Å². The van der Waals surface area contributed by atoms with Crippen molar-refractivity contribution in [2.75, 3.05) is 37.4 Å². The normalized spacial score (nSPS) is 17.3. The van der Waals surface area contributed by atoms with Gasteiger partial charge in [-0.1, -0.05) is 26.5 Å². The van der Waals surface area contributed by atoms with Gasteiger partial charge in [0.15, 0.2) is 5.65 Å². The molecular weight excluding hydrogens is 388 g/mol. The molecule has 0 unspecified atom stereocenters. The van der Waals surface area contributed by atoms with Crippen LogP contribution in [0.25, 0.3) is 16.9 Å². The smallest absolute Gasteiger partial charge is 0.247 e. The van der Waals surface area contributed by atoms with Crippen molar-refractivity contribution in [3.63, 3.8) is 0 Å². The molecule has 8 nitrogen and oxygen atoms in total. The van der Waals surface area contributed by atoms with E-state index >= 15 is 0 Å². The van der Waals surface area contributed by atoms with Gasteiger partial charge in [-0.3, -0.25) is 4.98 Å². The van der Waals surface area contributed by atoms with E-state index in [9.17, 15) is 0 Å². The average molecular weight is 417 g/mol.